The fraction of sp³-hybridized carbons (Fsp3) is 0.250. The van der Waals surface area contributed by atoms with E-state index in [4.69, 9.17) is 0 Å². The molecule has 0 saturated carbocycles. The zero-order valence-electron chi connectivity index (χ0n) is 15.7. The first-order valence-electron chi connectivity index (χ1n) is 5.23. The SMILES string of the molecule is CF.Cc1ccc2nc(C)n([CH-]OP(=O)([O-])[O-])c2c1.[CH3-].[Rb+].[Rb+].[Rb+].[Rb+]. The molecular formula is C12H16FN2O4PRb4. The molecule has 0 saturated heterocycles. The van der Waals surface area contributed by atoms with Crippen LogP contribution in [0.2, 0.25) is 0 Å². The normalized spacial score (nSPS) is 8.75. The van der Waals surface area contributed by atoms with E-state index in [1.54, 1.807) is 6.92 Å². The molecule has 0 aliphatic rings. The van der Waals surface area contributed by atoms with Crippen molar-refractivity contribution in [3.8, 4) is 0 Å². The summed E-state index contributed by atoms with van der Waals surface area (Å²) in [5.74, 6) is 0.541. The molecule has 0 spiro atoms. The number of halogens is 1. The van der Waals surface area contributed by atoms with Crippen LogP contribution in [0.1, 0.15) is 11.4 Å². The molecule has 1 aromatic carbocycles. The summed E-state index contributed by atoms with van der Waals surface area (Å²) in [7, 11) is -4.52. The Morgan fingerprint density at radius 1 is 1.17 bits per heavy atom. The van der Waals surface area contributed by atoms with E-state index in [-0.39, 0.29) is 240 Å². The van der Waals surface area contributed by atoms with Crippen molar-refractivity contribution in [1.82, 2.24) is 9.55 Å². The molecule has 0 fully saturated rings. The summed E-state index contributed by atoms with van der Waals surface area (Å²) >= 11 is 0. The minimum atomic E-state index is -5.02. The number of aromatic nitrogens is 2. The number of hydrogen-bond donors (Lipinski definition) is 0. The van der Waals surface area contributed by atoms with Crippen LogP contribution < -0.4 is 243 Å². The van der Waals surface area contributed by atoms with E-state index in [2.05, 4.69) is 9.51 Å². The quantitative estimate of drug-likeness (QED) is 0.245. The molecule has 12 heteroatoms. The molecule has 114 valence electrons. The van der Waals surface area contributed by atoms with Crippen molar-refractivity contribution in [2.24, 2.45) is 0 Å². The molecule has 1 aromatic heterocycles. The maximum Gasteiger partial charge on any atom is 1.00 e. The van der Waals surface area contributed by atoms with Crippen LogP contribution >= 0.6 is 7.82 Å². The first-order chi connectivity index (χ1) is 8.87. The number of nitrogens with zero attached hydrogens (tertiary/aromatic N) is 2. The molecule has 0 amide bonds. The molecule has 1 heterocycles. The molecule has 0 radical (unpaired) electrons. The number of phosphoric ester groups is 1. The number of phosphoric acid groups is 1. The van der Waals surface area contributed by atoms with E-state index in [1.165, 1.54) is 4.57 Å². The number of benzene rings is 1. The van der Waals surface area contributed by atoms with Crippen LogP contribution in [0.3, 0.4) is 0 Å². The van der Waals surface area contributed by atoms with E-state index in [0.717, 1.165) is 12.3 Å². The number of alkyl halides is 1. The average molecular weight is 644 g/mol. The van der Waals surface area contributed by atoms with Gasteiger partial charge in [0.25, 0.3) is 0 Å². The summed E-state index contributed by atoms with van der Waals surface area (Å²) in [6.45, 7) is 4.46. The average Bonchev–Trinajstić information content (AvgIpc) is 2.63. The van der Waals surface area contributed by atoms with Gasteiger partial charge in [-0.1, -0.05) is 24.6 Å². The molecule has 0 aliphatic carbocycles. The summed E-state index contributed by atoms with van der Waals surface area (Å²) in [6.07, 6.45) is 0. The molecule has 2 aromatic rings. The van der Waals surface area contributed by atoms with Gasteiger partial charge >= 0.3 is 233 Å². The first kappa shape index (κ1) is 40.2. The minimum absolute atomic E-state index is 0. The van der Waals surface area contributed by atoms with Crippen molar-refractivity contribution in [3.05, 3.63) is 43.7 Å². The van der Waals surface area contributed by atoms with Gasteiger partial charge in [-0.15, -0.1) is 0 Å². The summed E-state index contributed by atoms with van der Waals surface area (Å²) in [6, 6.07) is 5.54. The predicted octanol–water partition coefficient (Wildman–Crippen LogP) is -10.5. The van der Waals surface area contributed by atoms with Crippen molar-refractivity contribution < 1.29 is 256 Å². The third kappa shape index (κ3) is 14.8. The van der Waals surface area contributed by atoms with Crippen molar-refractivity contribution in [2.45, 2.75) is 13.8 Å². The molecule has 0 unspecified atom stereocenters. The molecule has 2 rings (SSSR count). The van der Waals surface area contributed by atoms with Crippen LogP contribution in [-0.2, 0) is 9.09 Å². The third-order valence-electron chi connectivity index (χ3n) is 2.30. The fourth-order valence-corrected chi connectivity index (χ4v) is 1.77. The molecule has 24 heavy (non-hydrogen) atoms. The van der Waals surface area contributed by atoms with E-state index < -0.39 is 7.82 Å². The van der Waals surface area contributed by atoms with E-state index >= 15 is 0 Å². The summed E-state index contributed by atoms with van der Waals surface area (Å²) < 4.78 is 25.5. The van der Waals surface area contributed by atoms with Gasteiger partial charge in [0.15, 0.2) is 0 Å². The predicted molar refractivity (Wildman–Crippen MR) is 71.0 cm³/mol. The van der Waals surface area contributed by atoms with E-state index in [0.29, 0.717) is 24.0 Å². The monoisotopic (exact) mass is 642 g/mol. The maximum absolute atomic E-state index is 10.4. The van der Waals surface area contributed by atoms with Gasteiger partial charge in [0.2, 0.25) is 0 Å². The Hall–Kier alpha value is 5.82. The Bertz CT molecular complexity index is 624. The van der Waals surface area contributed by atoms with E-state index in [9.17, 15) is 18.7 Å². The third-order valence-corrected chi connectivity index (χ3v) is 2.66. The smallest absolute Gasteiger partial charge is 0.790 e. The van der Waals surface area contributed by atoms with Crippen LogP contribution in [0.25, 0.3) is 11.0 Å². The molecule has 0 aliphatic heterocycles. The van der Waals surface area contributed by atoms with Crippen LogP contribution in [-0.4, -0.2) is 16.7 Å². The van der Waals surface area contributed by atoms with Crippen molar-refractivity contribution >= 4 is 18.9 Å². The molecule has 0 atom stereocenters. The largest absolute Gasteiger partial charge is 1.00 e. The Morgan fingerprint density at radius 2 is 1.67 bits per heavy atom. The Morgan fingerprint density at radius 3 is 2.12 bits per heavy atom. The van der Waals surface area contributed by atoms with E-state index in [1.807, 2.05) is 25.1 Å². The van der Waals surface area contributed by atoms with Gasteiger partial charge in [-0.3, -0.25) is 4.39 Å². The Labute approximate surface area is 338 Å². The second-order valence-corrected chi connectivity index (χ2v) is 4.78. The van der Waals surface area contributed by atoms with Crippen LogP contribution in [0, 0.1) is 28.0 Å². The fourth-order valence-electron chi connectivity index (χ4n) is 1.56. The summed E-state index contributed by atoms with van der Waals surface area (Å²) in [4.78, 5) is 25.1. The second kappa shape index (κ2) is 20.7. The molecule has 0 N–H and O–H groups in total. The zero-order chi connectivity index (χ0) is 14.6. The van der Waals surface area contributed by atoms with Gasteiger partial charge in [0.1, 0.15) is 0 Å². The van der Waals surface area contributed by atoms with Gasteiger partial charge < -0.3 is 35.9 Å². The van der Waals surface area contributed by atoms with Crippen molar-refractivity contribution in [2.75, 3.05) is 7.18 Å². The first-order valence-corrected chi connectivity index (χ1v) is 6.70. The van der Waals surface area contributed by atoms with Crippen molar-refractivity contribution in [1.29, 1.82) is 0 Å². The number of fused-ring (bicyclic) bond motifs is 1. The van der Waals surface area contributed by atoms with Crippen molar-refractivity contribution in [3.63, 3.8) is 0 Å². The van der Waals surface area contributed by atoms with Crippen LogP contribution in [0.4, 0.5) is 4.39 Å². The standard InChI is InChI=1S/C10H12N2O4P.CH3F.CH3.4Rb/c1-7-3-4-9-10(5-7)12(8(2)11-9)6-16-17(13,14)15;1-2;;;;;/h3-6H,1-2H3,(H2,13,14,15);1H3;1H3;;;;/q-1;;-1;4*+1/p-2. The Kier molecular flexibility index (Phi) is 34.7. The molecule has 0 bridgehead atoms. The summed E-state index contributed by atoms with van der Waals surface area (Å²) in [5.41, 5.74) is 2.40. The van der Waals surface area contributed by atoms with Gasteiger partial charge in [0.05, 0.1) is 15.0 Å². The maximum atomic E-state index is 10.4. The number of imidazole rings is 1. The van der Waals surface area contributed by atoms with Gasteiger partial charge in [-0.2, -0.15) is 0 Å². The van der Waals surface area contributed by atoms with Gasteiger partial charge in [-0.25, -0.2) is 0 Å². The number of hydrogen-bond acceptors (Lipinski definition) is 5. The minimum Gasteiger partial charge on any atom is -0.790 e. The molecule has 6 nitrogen and oxygen atoms in total. The summed E-state index contributed by atoms with van der Waals surface area (Å²) in [5, 5.41) is 0. The number of aryl methyl sites for hydroxylation is 2. The molecular weight excluding hydrogens is 628 g/mol. The van der Waals surface area contributed by atoms with Crippen LogP contribution in [0.5, 0.6) is 0 Å². The zero-order valence-corrected chi connectivity index (χ0v) is 36.2. The van der Waals surface area contributed by atoms with Crippen LogP contribution in [0.15, 0.2) is 18.2 Å². The van der Waals surface area contributed by atoms with Gasteiger partial charge in [0, 0.05) is 18.1 Å². The van der Waals surface area contributed by atoms with Gasteiger partial charge in [-0.05, 0) is 18.5 Å². The second-order valence-electron chi connectivity index (χ2n) is 3.68. The number of rotatable bonds is 3. The Balaban J connectivity index is -0.000000166. The topological polar surface area (TPSA) is 90.2 Å².